The lowest BCUT2D eigenvalue weighted by Crippen LogP contribution is -2.47. The zero-order chi connectivity index (χ0) is 19.5. The van der Waals surface area contributed by atoms with E-state index in [2.05, 4.69) is 10.1 Å². The van der Waals surface area contributed by atoms with Gasteiger partial charge in [0, 0.05) is 5.56 Å². The molecule has 8 nitrogen and oxygen atoms in total. The summed E-state index contributed by atoms with van der Waals surface area (Å²) in [5, 5.41) is 2.50. The number of hydrogen-bond acceptors (Lipinski definition) is 7. The number of nitrogens with one attached hydrogen (secondary N) is 1. The Bertz CT molecular complexity index is 627. The average molecular weight is 365 g/mol. The van der Waals surface area contributed by atoms with Gasteiger partial charge in [0.1, 0.15) is 18.1 Å². The van der Waals surface area contributed by atoms with Gasteiger partial charge in [-0.1, -0.05) is 20.3 Å². The van der Waals surface area contributed by atoms with E-state index in [4.69, 9.17) is 9.47 Å². The van der Waals surface area contributed by atoms with Crippen molar-refractivity contribution >= 4 is 24.1 Å². The third-order valence-corrected chi connectivity index (χ3v) is 3.72. The molecule has 0 bridgehead atoms. The van der Waals surface area contributed by atoms with Crippen molar-refractivity contribution in [3.05, 3.63) is 29.8 Å². The van der Waals surface area contributed by atoms with Gasteiger partial charge >= 0.3 is 11.9 Å². The molecule has 2 atom stereocenters. The number of hydrogen-bond donors (Lipinski definition) is 1. The van der Waals surface area contributed by atoms with Gasteiger partial charge in [0.05, 0.1) is 7.11 Å². The number of ether oxygens (including phenoxy) is 3. The largest absolute Gasteiger partial charge is 0.482 e. The first-order chi connectivity index (χ1) is 12.4. The maximum absolute atomic E-state index is 11.9. The number of aldehydes is 1. The van der Waals surface area contributed by atoms with Crippen LogP contribution in [-0.4, -0.2) is 50.5 Å². The Kier molecular flexibility index (Phi) is 8.83. The summed E-state index contributed by atoms with van der Waals surface area (Å²) in [6, 6.07) is 5.36. The molecule has 1 aromatic carbocycles. The topological polar surface area (TPSA) is 108 Å². The molecular formula is C18H23NO7. The molecule has 0 fully saturated rings. The zero-order valence-corrected chi connectivity index (χ0v) is 15.0. The Balaban J connectivity index is 2.41. The molecule has 0 radical (unpaired) electrons. The highest BCUT2D eigenvalue weighted by molar-refractivity contribution is 5.86. The molecule has 0 aliphatic rings. The molecule has 1 amide bonds. The Hall–Kier alpha value is -2.90. The zero-order valence-electron chi connectivity index (χ0n) is 15.0. The van der Waals surface area contributed by atoms with E-state index in [0.29, 0.717) is 24.0 Å². The summed E-state index contributed by atoms with van der Waals surface area (Å²) in [7, 11) is 1.24. The summed E-state index contributed by atoms with van der Waals surface area (Å²) in [6.07, 6.45) is 1.36. The van der Waals surface area contributed by atoms with Crippen LogP contribution in [0.4, 0.5) is 0 Å². The van der Waals surface area contributed by atoms with Gasteiger partial charge in [0.15, 0.2) is 13.2 Å². The van der Waals surface area contributed by atoms with Crippen LogP contribution in [0.15, 0.2) is 24.3 Å². The minimum atomic E-state index is -0.802. The Morgan fingerprint density at radius 1 is 1.15 bits per heavy atom. The van der Waals surface area contributed by atoms with E-state index in [9.17, 15) is 19.2 Å². The lowest BCUT2D eigenvalue weighted by molar-refractivity contribution is -0.152. The lowest BCUT2D eigenvalue weighted by atomic mass is 9.99. The number of methoxy groups -OCH3 is 1. The molecular weight excluding hydrogens is 342 g/mol. The van der Waals surface area contributed by atoms with E-state index in [1.165, 1.54) is 19.2 Å². The van der Waals surface area contributed by atoms with E-state index in [0.717, 1.165) is 0 Å². The van der Waals surface area contributed by atoms with E-state index in [1.807, 2.05) is 6.92 Å². The van der Waals surface area contributed by atoms with Crippen molar-refractivity contribution in [1.82, 2.24) is 5.32 Å². The van der Waals surface area contributed by atoms with E-state index >= 15 is 0 Å². The second kappa shape index (κ2) is 10.9. The molecule has 0 aromatic heterocycles. The second-order valence-corrected chi connectivity index (χ2v) is 5.59. The fourth-order valence-corrected chi connectivity index (χ4v) is 1.98. The summed E-state index contributed by atoms with van der Waals surface area (Å²) in [5.74, 6) is -1.64. The standard InChI is InChI=1S/C18H23NO7/c1-4-12(2)17(18(23)24-3)19-15(21)10-26-16(22)11-25-14-7-5-13(9-20)6-8-14/h5-9,12,17H,4,10-11H2,1-3H3,(H,19,21)/t12-,17+/m1/s1. The first-order valence-corrected chi connectivity index (χ1v) is 8.12. The number of rotatable bonds is 10. The highest BCUT2D eigenvalue weighted by Gasteiger charge is 2.26. The molecule has 0 heterocycles. The predicted molar refractivity (Wildman–Crippen MR) is 91.7 cm³/mol. The van der Waals surface area contributed by atoms with Crippen LogP contribution < -0.4 is 10.1 Å². The number of amides is 1. The van der Waals surface area contributed by atoms with Crippen molar-refractivity contribution in [2.45, 2.75) is 26.3 Å². The molecule has 0 spiro atoms. The van der Waals surface area contributed by atoms with Crippen molar-refractivity contribution in [1.29, 1.82) is 0 Å². The van der Waals surface area contributed by atoms with Crippen molar-refractivity contribution in [2.24, 2.45) is 5.92 Å². The molecule has 0 unspecified atom stereocenters. The van der Waals surface area contributed by atoms with Crippen molar-refractivity contribution in [3.63, 3.8) is 0 Å². The molecule has 0 aliphatic carbocycles. The summed E-state index contributed by atoms with van der Waals surface area (Å²) in [4.78, 5) is 45.8. The Morgan fingerprint density at radius 2 is 1.81 bits per heavy atom. The van der Waals surface area contributed by atoms with Gasteiger partial charge in [-0.3, -0.25) is 9.59 Å². The second-order valence-electron chi connectivity index (χ2n) is 5.59. The fourth-order valence-electron chi connectivity index (χ4n) is 1.98. The van der Waals surface area contributed by atoms with Gasteiger partial charge in [0.2, 0.25) is 0 Å². The van der Waals surface area contributed by atoms with Crippen LogP contribution in [0.5, 0.6) is 5.75 Å². The van der Waals surface area contributed by atoms with Crippen molar-refractivity contribution in [2.75, 3.05) is 20.3 Å². The van der Waals surface area contributed by atoms with E-state index in [1.54, 1.807) is 19.1 Å². The summed E-state index contributed by atoms with van der Waals surface area (Å²) >= 11 is 0. The molecule has 1 aromatic rings. The number of carbonyl (C=O) groups is 4. The van der Waals surface area contributed by atoms with E-state index < -0.39 is 30.5 Å². The SMILES string of the molecule is CC[C@@H](C)[C@H](NC(=O)COC(=O)COc1ccc(C=O)cc1)C(=O)OC. The van der Waals surface area contributed by atoms with Gasteiger partial charge in [-0.2, -0.15) is 0 Å². The third-order valence-electron chi connectivity index (χ3n) is 3.72. The van der Waals surface area contributed by atoms with Crippen LogP contribution in [0.1, 0.15) is 30.6 Å². The van der Waals surface area contributed by atoms with Crippen molar-refractivity contribution in [3.8, 4) is 5.75 Å². The molecule has 1 N–H and O–H groups in total. The first kappa shape index (κ1) is 21.1. The molecule has 8 heteroatoms. The van der Waals surface area contributed by atoms with Crippen LogP contribution in [-0.2, 0) is 23.9 Å². The van der Waals surface area contributed by atoms with Gasteiger partial charge in [-0.05, 0) is 30.2 Å². The van der Waals surface area contributed by atoms with Crippen LogP contribution in [0.3, 0.4) is 0 Å². The molecule has 26 heavy (non-hydrogen) atoms. The van der Waals surface area contributed by atoms with Gasteiger partial charge in [-0.15, -0.1) is 0 Å². The number of benzene rings is 1. The smallest absolute Gasteiger partial charge is 0.344 e. The summed E-state index contributed by atoms with van der Waals surface area (Å²) < 4.78 is 14.7. The fraction of sp³-hybridized carbons (Fsp3) is 0.444. The predicted octanol–water partition coefficient (Wildman–Crippen LogP) is 1.12. The maximum atomic E-state index is 11.9. The van der Waals surface area contributed by atoms with Crippen molar-refractivity contribution < 1.29 is 33.4 Å². The van der Waals surface area contributed by atoms with Crippen LogP contribution >= 0.6 is 0 Å². The molecule has 0 saturated carbocycles. The highest BCUT2D eigenvalue weighted by Crippen LogP contribution is 2.11. The van der Waals surface area contributed by atoms with Crippen LogP contribution in [0, 0.1) is 5.92 Å². The van der Waals surface area contributed by atoms with Crippen LogP contribution in [0.2, 0.25) is 0 Å². The third kappa shape index (κ3) is 6.92. The Labute approximate surface area is 151 Å². The molecule has 142 valence electrons. The normalized spacial score (nSPS) is 12.4. The minimum Gasteiger partial charge on any atom is -0.482 e. The summed E-state index contributed by atoms with van der Waals surface area (Å²) in [5.41, 5.74) is 0.484. The lowest BCUT2D eigenvalue weighted by Gasteiger charge is -2.21. The quantitative estimate of drug-likeness (QED) is 0.489. The van der Waals surface area contributed by atoms with Gasteiger partial charge < -0.3 is 19.5 Å². The maximum Gasteiger partial charge on any atom is 0.344 e. The minimum absolute atomic E-state index is 0.125. The van der Waals surface area contributed by atoms with Gasteiger partial charge in [0.25, 0.3) is 5.91 Å². The number of carbonyl (C=O) groups excluding carboxylic acids is 4. The monoisotopic (exact) mass is 365 g/mol. The van der Waals surface area contributed by atoms with Crippen LogP contribution in [0.25, 0.3) is 0 Å². The molecule has 0 aliphatic heterocycles. The molecule has 0 saturated heterocycles. The summed E-state index contributed by atoms with van der Waals surface area (Å²) in [6.45, 7) is 2.76. The molecule has 1 rings (SSSR count). The van der Waals surface area contributed by atoms with E-state index in [-0.39, 0.29) is 12.5 Å². The highest BCUT2D eigenvalue weighted by atomic mass is 16.6. The first-order valence-electron chi connectivity index (χ1n) is 8.12. The average Bonchev–Trinajstić information content (AvgIpc) is 2.67. The van der Waals surface area contributed by atoms with Gasteiger partial charge in [-0.25, -0.2) is 9.59 Å². The Morgan fingerprint density at radius 3 is 2.35 bits per heavy atom. The number of esters is 2.